The summed E-state index contributed by atoms with van der Waals surface area (Å²) in [5.41, 5.74) is 5.31. The van der Waals surface area contributed by atoms with E-state index >= 15 is 0 Å². The third-order valence-corrected chi connectivity index (χ3v) is 3.67. The first-order valence-electron chi connectivity index (χ1n) is 8.18. The number of ether oxygens (including phenoxy) is 4. The van der Waals surface area contributed by atoms with Gasteiger partial charge in [-0.05, 0) is 12.8 Å². The van der Waals surface area contributed by atoms with Crippen LogP contribution in [0.4, 0.5) is 9.59 Å². The Hall–Kier alpha value is -1.35. The van der Waals surface area contributed by atoms with E-state index in [4.69, 9.17) is 24.0 Å². The summed E-state index contributed by atoms with van der Waals surface area (Å²) >= 11 is 0. The van der Waals surface area contributed by atoms with Crippen LogP contribution in [0.5, 0.6) is 0 Å². The molecule has 0 aliphatic heterocycles. The lowest BCUT2D eigenvalue weighted by Gasteiger charge is -2.13. The summed E-state index contributed by atoms with van der Waals surface area (Å²) < 4.78 is 40.2. The van der Waals surface area contributed by atoms with E-state index in [1.807, 2.05) is 13.8 Å². The van der Waals surface area contributed by atoms with Gasteiger partial charge in [-0.2, -0.15) is 0 Å². The Balaban J connectivity index is 3.65. The van der Waals surface area contributed by atoms with E-state index in [0.29, 0.717) is 0 Å². The van der Waals surface area contributed by atoms with Crippen molar-refractivity contribution in [1.29, 1.82) is 0 Å². The topological polar surface area (TPSA) is 133 Å². The molecule has 11 heteroatoms. The lowest BCUT2D eigenvalue weighted by molar-refractivity contribution is 0.0375. The van der Waals surface area contributed by atoms with Crippen LogP contribution in [-0.4, -0.2) is 52.0 Å². The first-order valence-corrected chi connectivity index (χ1v) is 9.79. The van der Waals surface area contributed by atoms with Gasteiger partial charge >= 0.3 is 20.1 Å². The zero-order valence-corrected chi connectivity index (χ0v) is 15.7. The van der Waals surface area contributed by atoms with Gasteiger partial charge in [-0.1, -0.05) is 26.7 Å². The number of carbonyl (C=O) groups excluding carboxylic acids is 2. The van der Waals surface area contributed by atoms with Crippen LogP contribution in [0.15, 0.2) is 0 Å². The standard InChI is InChI=1S/C14H28NO9P/c1-3-5-7-19-13(16)21-9-11-23-25(15,18)24-12-10-22-14(17)20-8-6-4-2/h3-12H2,1-2H3,(H2,15,18). The molecule has 0 aromatic carbocycles. The van der Waals surface area contributed by atoms with Gasteiger partial charge in [-0.3, -0.25) is 9.05 Å². The molecule has 0 aromatic rings. The van der Waals surface area contributed by atoms with Crippen molar-refractivity contribution < 1.29 is 42.1 Å². The van der Waals surface area contributed by atoms with Gasteiger partial charge in [-0.25, -0.2) is 19.7 Å². The third-order valence-electron chi connectivity index (χ3n) is 2.58. The van der Waals surface area contributed by atoms with Crippen molar-refractivity contribution in [2.75, 3.05) is 39.6 Å². The Morgan fingerprint density at radius 3 is 1.44 bits per heavy atom. The van der Waals surface area contributed by atoms with Crippen molar-refractivity contribution >= 4 is 20.1 Å². The molecule has 148 valence electrons. The van der Waals surface area contributed by atoms with Crippen LogP contribution < -0.4 is 5.50 Å². The molecule has 0 aliphatic rings. The zero-order valence-electron chi connectivity index (χ0n) is 14.8. The van der Waals surface area contributed by atoms with E-state index < -0.39 is 20.1 Å². The molecule has 25 heavy (non-hydrogen) atoms. The fourth-order valence-corrected chi connectivity index (χ4v) is 2.03. The summed E-state index contributed by atoms with van der Waals surface area (Å²) in [6.45, 7) is 3.65. The molecule has 2 N–H and O–H groups in total. The SMILES string of the molecule is CCCCOC(=O)OCCOP(N)(=O)OCCOC(=O)OCCCC. The second kappa shape index (κ2) is 14.9. The number of unbranched alkanes of at least 4 members (excludes halogenated alkanes) is 2. The number of carbonyl (C=O) groups is 2. The Kier molecular flexibility index (Phi) is 14.1. The minimum Gasteiger partial charge on any atom is -0.434 e. The summed E-state index contributed by atoms with van der Waals surface area (Å²) in [5.74, 6) is 0. The van der Waals surface area contributed by atoms with Crippen LogP contribution in [0.25, 0.3) is 0 Å². The molecule has 0 heterocycles. The van der Waals surface area contributed by atoms with Crippen molar-refractivity contribution in [2.24, 2.45) is 5.50 Å². The van der Waals surface area contributed by atoms with Crippen molar-refractivity contribution in [3.8, 4) is 0 Å². The zero-order chi connectivity index (χ0) is 19.0. The van der Waals surface area contributed by atoms with E-state index in [2.05, 4.69) is 9.47 Å². The average molecular weight is 385 g/mol. The molecule has 0 saturated heterocycles. The predicted molar refractivity (Wildman–Crippen MR) is 88.1 cm³/mol. The fourth-order valence-electron chi connectivity index (χ4n) is 1.30. The molecule has 10 nitrogen and oxygen atoms in total. The van der Waals surface area contributed by atoms with Gasteiger partial charge in [0, 0.05) is 0 Å². The van der Waals surface area contributed by atoms with Gasteiger partial charge in [-0.15, -0.1) is 0 Å². The maximum absolute atomic E-state index is 11.7. The lowest BCUT2D eigenvalue weighted by atomic mass is 10.4. The first kappa shape index (κ1) is 23.6. The normalized spacial score (nSPS) is 11.0. The second-order valence-electron chi connectivity index (χ2n) is 4.81. The molecule has 0 spiro atoms. The van der Waals surface area contributed by atoms with E-state index in [9.17, 15) is 14.2 Å². The molecule has 0 amide bonds. The smallest absolute Gasteiger partial charge is 0.434 e. The van der Waals surface area contributed by atoms with Crippen molar-refractivity contribution in [1.82, 2.24) is 0 Å². The van der Waals surface area contributed by atoms with Gasteiger partial charge in [0.25, 0.3) is 0 Å². The predicted octanol–water partition coefficient (Wildman–Crippen LogP) is 2.99. The average Bonchev–Trinajstić information content (AvgIpc) is 2.56. The van der Waals surface area contributed by atoms with Crippen LogP contribution in [0.3, 0.4) is 0 Å². The molecule has 0 fully saturated rings. The summed E-state index contributed by atoms with van der Waals surface area (Å²) in [6, 6.07) is 0. The highest BCUT2D eigenvalue weighted by atomic mass is 31.2. The Bertz CT molecular complexity index is 385. The number of rotatable bonds is 14. The monoisotopic (exact) mass is 385 g/mol. The van der Waals surface area contributed by atoms with Crippen LogP contribution in [0.1, 0.15) is 39.5 Å². The van der Waals surface area contributed by atoms with Crippen LogP contribution in [-0.2, 0) is 32.6 Å². The van der Waals surface area contributed by atoms with E-state index in [1.54, 1.807) is 0 Å². The number of hydrogen-bond donors (Lipinski definition) is 1. The van der Waals surface area contributed by atoms with Gasteiger partial charge in [0.05, 0.1) is 26.4 Å². The summed E-state index contributed by atoms with van der Waals surface area (Å²) in [6.07, 6.45) is 1.60. The lowest BCUT2D eigenvalue weighted by Crippen LogP contribution is -2.16. The number of nitrogens with two attached hydrogens (primary N) is 1. The first-order chi connectivity index (χ1) is 11.9. The molecular formula is C14H28NO9P. The maximum Gasteiger partial charge on any atom is 0.508 e. The highest BCUT2D eigenvalue weighted by molar-refractivity contribution is 7.51. The second-order valence-corrected chi connectivity index (χ2v) is 6.40. The van der Waals surface area contributed by atoms with Gasteiger partial charge in [0.15, 0.2) is 0 Å². The molecule has 0 saturated carbocycles. The molecule has 0 aromatic heterocycles. The third kappa shape index (κ3) is 15.9. The minimum absolute atomic E-state index is 0.185. The van der Waals surface area contributed by atoms with E-state index in [-0.39, 0.29) is 39.6 Å². The Morgan fingerprint density at radius 1 is 0.720 bits per heavy atom. The molecule has 0 bridgehead atoms. The quantitative estimate of drug-likeness (QED) is 0.270. The van der Waals surface area contributed by atoms with Crippen molar-refractivity contribution in [3.63, 3.8) is 0 Å². The minimum atomic E-state index is -3.83. The fraction of sp³-hybridized carbons (Fsp3) is 0.857. The summed E-state index contributed by atoms with van der Waals surface area (Å²) in [7, 11) is -3.83. The van der Waals surface area contributed by atoms with Crippen LogP contribution >= 0.6 is 7.75 Å². The van der Waals surface area contributed by atoms with Gasteiger partial charge in [0.2, 0.25) is 0 Å². The van der Waals surface area contributed by atoms with Gasteiger partial charge in [0.1, 0.15) is 13.2 Å². The molecule has 0 rings (SSSR count). The molecule has 0 unspecified atom stereocenters. The van der Waals surface area contributed by atoms with Crippen LogP contribution in [0.2, 0.25) is 0 Å². The summed E-state index contributed by atoms with van der Waals surface area (Å²) in [4.78, 5) is 22.2. The molecule has 0 atom stereocenters. The highest BCUT2D eigenvalue weighted by Crippen LogP contribution is 2.38. The Morgan fingerprint density at radius 2 is 1.08 bits per heavy atom. The maximum atomic E-state index is 11.7. The van der Waals surface area contributed by atoms with E-state index in [1.165, 1.54) is 0 Å². The van der Waals surface area contributed by atoms with Gasteiger partial charge < -0.3 is 18.9 Å². The van der Waals surface area contributed by atoms with Crippen molar-refractivity contribution in [3.05, 3.63) is 0 Å². The Labute approximate surface area is 147 Å². The molecule has 0 radical (unpaired) electrons. The largest absolute Gasteiger partial charge is 0.508 e. The van der Waals surface area contributed by atoms with E-state index in [0.717, 1.165) is 25.7 Å². The molecule has 0 aliphatic carbocycles. The highest BCUT2D eigenvalue weighted by Gasteiger charge is 2.18. The molecular weight excluding hydrogens is 357 g/mol. The number of hydrogen-bond acceptors (Lipinski definition) is 9. The van der Waals surface area contributed by atoms with Crippen LogP contribution in [0, 0.1) is 0 Å². The van der Waals surface area contributed by atoms with Crippen molar-refractivity contribution in [2.45, 2.75) is 39.5 Å². The summed E-state index contributed by atoms with van der Waals surface area (Å²) in [5, 5.41) is 0.